The van der Waals surface area contributed by atoms with Gasteiger partial charge in [0.1, 0.15) is 17.8 Å². The van der Waals surface area contributed by atoms with Gasteiger partial charge in [0.25, 0.3) is 5.91 Å². The number of carbonyl (C=O) groups is 3. The Morgan fingerprint density at radius 1 is 1.40 bits per heavy atom. The van der Waals surface area contributed by atoms with E-state index in [1.165, 1.54) is 6.07 Å². The molecule has 0 saturated carbocycles. The predicted molar refractivity (Wildman–Crippen MR) is 88.9 cm³/mol. The van der Waals surface area contributed by atoms with Crippen molar-refractivity contribution < 1.29 is 18.9 Å². The van der Waals surface area contributed by atoms with Crippen LogP contribution in [0.4, 0.5) is 10.6 Å². The summed E-state index contributed by atoms with van der Waals surface area (Å²) < 4.78 is 4.84. The molecule has 4 amide bonds. The van der Waals surface area contributed by atoms with Gasteiger partial charge in [-0.15, -0.1) is 0 Å². The quantitative estimate of drug-likeness (QED) is 0.810. The summed E-state index contributed by atoms with van der Waals surface area (Å²) in [6.45, 7) is 2.78. The van der Waals surface area contributed by atoms with Crippen LogP contribution in [0.15, 0.2) is 34.9 Å². The normalized spacial score (nSPS) is 19.9. The maximum atomic E-state index is 12.8. The van der Waals surface area contributed by atoms with E-state index in [-0.39, 0.29) is 5.82 Å². The van der Waals surface area contributed by atoms with Crippen LogP contribution in [0.5, 0.6) is 0 Å². The Bertz CT molecular complexity index is 865. The zero-order valence-corrected chi connectivity index (χ0v) is 14.3. The molecule has 1 aliphatic rings. The number of rotatable bonds is 4. The third-order valence-corrected chi connectivity index (χ3v) is 4.21. The number of nitrogens with one attached hydrogen (secondary N) is 2. The van der Waals surface area contributed by atoms with Gasteiger partial charge in [-0.3, -0.25) is 14.5 Å². The van der Waals surface area contributed by atoms with Crippen LogP contribution in [-0.4, -0.2) is 34.4 Å². The topological polar surface area (TPSA) is 105 Å². The Morgan fingerprint density at radius 2 is 2.12 bits per heavy atom. The van der Waals surface area contributed by atoms with Crippen molar-refractivity contribution in [2.24, 2.45) is 0 Å². The number of nitrogens with zero attached hydrogens (tertiary/aromatic N) is 2. The summed E-state index contributed by atoms with van der Waals surface area (Å²) in [4.78, 5) is 37.9. The van der Waals surface area contributed by atoms with E-state index in [1.807, 2.05) is 0 Å². The molecule has 2 aromatic rings. The summed E-state index contributed by atoms with van der Waals surface area (Å²) in [6.07, 6.45) is 0. The molecule has 8 nitrogen and oxygen atoms in total. The van der Waals surface area contributed by atoms with Crippen LogP contribution in [0.2, 0.25) is 5.02 Å². The maximum absolute atomic E-state index is 12.8. The summed E-state index contributed by atoms with van der Waals surface area (Å²) in [7, 11) is 0. The van der Waals surface area contributed by atoms with Gasteiger partial charge in [-0.1, -0.05) is 35.0 Å². The second-order valence-electron chi connectivity index (χ2n) is 5.80. The van der Waals surface area contributed by atoms with Crippen LogP contribution in [0, 0.1) is 6.92 Å². The van der Waals surface area contributed by atoms with E-state index in [2.05, 4.69) is 15.8 Å². The SMILES string of the molecule is Cc1cc(NC(=O)CN2C(=O)N[C@@](C)(c3ccccc3Cl)C2=O)no1. The number of hydrogen-bond donors (Lipinski definition) is 2. The lowest BCUT2D eigenvalue weighted by atomic mass is 9.92. The molecule has 0 unspecified atom stereocenters. The fourth-order valence-corrected chi connectivity index (χ4v) is 2.97. The van der Waals surface area contributed by atoms with Crippen molar-refractivity contribution in [1.82, 2.24) is 15.4 Å². The summed E-state index contributed by atoms with van der Waals surface area (Å²) in [5, 5.41) is 9.04. The minimum Gasteiger partial charge on any atom is -0.360 e. The highest BCUT2D eigenvalue weighted by atomic mass is 35.5. The number of aryl methyl sites for hydroxylation is 1. The Hall–Kier alpha value is -2.87. The lowest BCUT2D eigenvalue weighted by Crippen LogP contribution is -2.42. The molecule has 25 heavy (non-hydrogen) atoms. The average molecular weight is 363 g/mol. The van der Waals surface area contributed by atoms with E-state index in [0.29, 0.717) is 16.3 Å². The first kappa shape index (κ1) is 17.0. The van der Waals surface area contributed by atoms with E-state index in [9.17, 15) is 14.4 Å². The lowest BCUT2D eigenvalue weighted by Gasteiger charge is -2.23. The average Bonchev–Trinajstić information content (AvgIpc) is 3.04. The molecule has 3 rings (SSSR count). The standard InChI is InChI=1S/C16H15ClN4O4/c1-9-7-12(20-25-9)18-13(22)8-21-14(23)16(2,19-15(21)24)10-5-3-4-6-11(10)17/h3-7H,8H2,1-2H3,(H,19,24)(H,18,20,22)/t16-/m0/s1. The molecule has 2 heterocycles. The third kappa shape index (κ3) is 3.08. The van der Waals surface area contributed by atoms with Crippen LogP contribution in [-0.2, 0) is 15.1 Å². The number of amides is 4. The summed E-state index contributed by atoms with van der Waals surface area (Å²) in [6, 6.07) is 7.58. The maximum Gasteiger partial charge on any atom is 0.325 e. The lowest BCUT2D eigenvalue weighted by molar-refractivity contribution is -0.133. The van der Waals surface area contributed by atoms with Crippen LogP contribution in [0.1, 0.15) is 18.2 Å². The summed E-state index contributed by atoms with van der Waals surface area (Å²) >= 11 is 6.15. The van der Waals surface area contributed by atoms with Crippen molar-refractivity contribution in [2.45, 2.75) is 19.4 Å². The highest BCUT2D eigenvalue weighted by Crippen LogP contribution is 2.33. The Labute approximate surface area is 148 Å². The van der Waals surface area contributed by atoms with Gasteiger partial charge in [0.15, 0.2) is 5.82 Å². The fraction of sp³-hybridized carbons (Fsp3) is 0.250. The molecule has 0 bridgehead atoms. The number of hydrogen-bond acceptors (Lipinski definition) is 5. The molecule has 1 fully saturated rings. The zero-order valence-electron chi connectivity index (χ0n) is 13.5. The molecule has 1 saturated heterocycles. The molecule has 9 heteroatoms. The number of carbonyl (C=O) groups excluding carboxylic acids is 3. The summed E-state index contributed by atoms with van der Waals surface area (Å²) in [5.41, 5.74) is -0.870. The van der Waals surface area contributed by atoms with Crippen LogP contribution in [0.3, 0.4) is 0 Å². The van der Waals surface area contributed by atoms with Crippen molar-refractivity contribution in [3.63, 3.8) is 0 Å². The number of imide groups is 1. The van der Waals surface area contributed by atoms with Crippen molar-refractivity contribution in [3.8, 4) is 0 Å². The van der Waals surface area contributed by atoms with E-state index >= 15 is 0 Å². The number of urea groups is 1. The molecule has 0 aliphatic carbocycles. The predicted octanol–water partition coefficient (Wildman–Crippen LogP) is 2.04. The Morgan fingerprint density at radius 3 is 2.76 bits per heavy atom. The molecule has 2 N–H and O–H groups in total. The largest absolute Gasteiger partial charge is 0.360 e. The molecule has 1 atom stereocenters. The van der Waals surface area contributed by atoms with Crippen molar-refractivity contribution in [1.29, 1.82) is 0 Å². The zero-order chi connectivity index (χ0) is 18.2. The minimum atomic E-state index is -1.33. The smallest absolute Gasteiger partial charge is 0.325 e. The minimum absolute atomic E-state index is 0.211. The molecular weight excluding hydrogens is 348 g/mol. The van der Waals surface area contributed by atoms with Gasteiger partial charge in [0.2, 0.25) is 5.91 Å². The van der Waals surface area contributed by atoms with Gasteiger partial charge in [-0.2, -0.15) is 0 Å². The van der Waals surface area contributed by atoms with Crippen molar-refractivity contribution in [3.05, 3.63) is 46.7 Å². The second-order valence-corrected chi connectivity index (χ2v) is 6.20. The fourth-order valence-electron chi connectivity index (χ4n) is 2.64. The number of anilines is 1. The third-order valence-electron chi connectivity index (χ3n) is 3.88. The molecule has 130 valence electrons. The van der Waals surface area contributed by atoms with Crippen molar-refractivity contribution in [2.75, 3.05) is 11.9 Å². The Kier molecular flexibility index (Phi) is 4.22. The molecule has 1 aromatic carbocycles. The monoisotopic (exact) mass is 362 g/mol. The molecule has 1 aromatic heterocycles. The highest BCUT2D eigenvalue weighted by Gasteiger charge is 2.50. The number of aromatic nitrogens is 1. The second kappa shape index (κ2) is 6.21. The van der Waals surface area contributed by atoms with Gasteiger partial charge in [-0.25, -0.2) is 4.79 Å². The van der Waals surface area contributed by atoms with E-state index in [0.717, 1.165) is 4.90 Å². The summed E-state index contributed by atoms with van der Waals surface area (Å²) in [5.74, 6) is -0.391. The van der Waals surface area contributed by atoms with E-state index < -0.39 is 29.9 Å². The number of benzene rings is 1. The highest BCUT2D eigenvalue weighted by molar-refractivity contribution is 6.32. The van der Waals surface area contributed by atoms with Gasteiger partial charge < -0.3 is 15.2 Å². The van der Waals surface area contributed by atoms with E-state index in [4.69, 9.17) is 16.1 Å². The van der Waals surface area contributed by atoms with Gasteiger partial charge in [0, 0.05) is 16.7 Å². The van der Waals surface area contributed by atoms with Crippen LogP contribution in [0.25, 0.3) is 0 Å². The molecule has 0 spiro atoms. The molecule has 0 radical (unpaired) electrons. The first-order chi connectivity index (χ1) is 11.8. The Balaban J connectivity index is 1.77. The molecular formula is C16H15ClN4O4. The van der Waals surface area contributed by atoms with Crippen LogP contribution >= 0.6 is 11.6 Å². The first-order valence-corrected chi connectivity index (χ1v) is 7.81. The number of halogens is 1. The first-order valence-electron chi connectivity index (χ1n) is 7.43. The van der Waals surface area contributed by atoms with E-state index in [1.54, 1.807) is 38.1 Å². The van der Waals surface area contributed by atoms with Crippen LogP contribution < -0.4 is 10.6 Å². The van der Waals surface area contributed by atoms with Gasteiger partial charge >= 0.3 is 6.03 Å². The molecule has 1 aliphatic heterocycles. The van der Waals surface area contributed by atoms with Gasteiger partial charge in [-0.05, 0) is 19.9 Å². The van der Waals surface area contributed by atoms with Crippen molar-refractivity contribution >= 4 is 35.3 Å². The van der Waals surface area contributed by atoms with Gasteiger partial charge in [0.05, 0.1) is 0 Å².